The molecule has 2 aliphatic rings. The zero-order chi connectivity index (χ0) is 13.7. The Morgan fingerprint density at radius 2 is 1.85 bits per heavy atom. The van der Waals surface area contributed by atoms with E-state index in [9.17, 15) is 0 Å². The minimum atomic E-state index is 0.432. The SMILES string of the molecule is Cc1cc(C)c2cc(N3CC4CCC(C3)O4)ccc2n1. The Morgan fingerprint density at radius 3 is 2.60 bits per heavy atom. The zero-order valence-electron chi connectivity index (χ0n) is 12.1. The standard InChI is InChI=1S/C17H20N2O/c1-11-7-12(2)18-17-6-3-13(8-16(11)17)19-9-14-4-5-15(10-19)20-14/h3,6-8,14-15H,4-5,9-10H2,1-2H3. The summed E-state index contributed by atoms with van der Waals surface area (Å²) in [5, 5.41) is 1.27. The summed E-state index contributed by atoms with van der Waals surface area (Å²) in [6, 6.07) is 8.82. The Kier molecular flexibility index (Phi) is 2.71. The predicted octanol–water partition coefficient (Wildman–Crippen LogP) is 3.22. The highest BCUT2D eigenvalue weighted by Gasteiger charge is 2.33. The second kappa shape index (κ2) is 4.45. The molecule has 3 heteroatoms. The first kappa shape index (κ1) is 12.2. The molecular formula is C17H20N2O. The van der Waals surface area contributed by atoms with Crippen molar-refractivity contribution in [1.82, 2.24) is 4.98 Å². The Balaban J connectivity index is 1.74. The number of rotatable bonds is 1. The minimum Gasteiger partial charge on any atom is -0.371 e. The van der Waals surface area contributed by atoms with Crippen LogP contribution in [0.2, 0.25) is 0 Å². The highest BCUT2D eigenvalue weighted by Crippen LogP contribution is 2.31. The highest BCUT2D eigenvalue weighted by atomic mass is 16.5. The van der Waals surface area contributed by atoms with E-state index in [2.05, 4.69) is 48.0 Å². The molecule has 0 aliphatic carbocycles. The maximum absolute atomic E-state index is 5.92. The molecule has 0 spiro atoms. The molecule has 4 rings (SSSR count). The fourth-order valence-electron chi connectivity index (χ4n) is 3.57. The summed E-state index contributed by atoms with van der Waals surface area (Å²) in [6.07, 6.45) is 3.30. The molecule has 104 valence electrons. The molecule has 0 radical (unpaired) electrons. The van der Waals surface area contributed by atoms with Crippen LogP contribution >= 0.6 is 0 Å². The van der Waals surface area contributed by atoms with Crippen LogP contribution in [-0.2, 0) is 4.74 Å². The van der Waals surface area contributed by atoms with Gasteiger partial charge in [-0.05, 0) is 56.5 Å². The van der Waals surface area contributed by atoms with Crippen LogP contribution in [-0.4, -0.2) is 30.3 Å². The molecule has 0 amide bonds. The predicted molar refractivity (Wildman–Crippen MR) is 81.3 cm³/mol. The van der Waals surface area contributed by atoms with Gasteiger partial charge in [0.15, 0.2) is 0 Å². The summed E-state index contributed by atoms with van der Waals surface area (Å²) in [6.45, 7) is 6.28. The molecule has 1 aromatic carbocycles. The van der Waals surface area contributed by atoms with Gasteiger partial charge in [0, 0.05) is 29.9 Å². The first-order chi connectivity index (χ1) is 9.69. The topological polar surface area (TPSA) is 25.4 Å². The smallest absolute Gasteiger partial charge is 0.0755 e. The minimum absolute atomic E-state index is 0.432. The van der Waals surface area contributed by atoms with Gasteiger partial charge >= 0.3 is 0 Å². The third-order valence-corrected chi connectivity index (χ3v) is 4.54. The average Bonchev–Trinajstić information content (AvgIpc) is 2.77. The van der Waals surface area contributed by atoms with Gasteiger partial charge in [0.05, 0.1) is 17.7 Å². The van der Waals surface area contributed by atoms with Gasteiger partial charge < -0.3 is 9.64 Å². The van der Waals surface area contributed by atoms with Gasteiger partial charge in [-0.15, -0.1) is 0 Å². The fourth-order valence-corrected chi connectivity index (χ4v) is 3.57. The summed E-state index contributed by atoms with van der Waals surface area (Å²) < 4.78 is 5.92. The molecule has 2 saturated heterocycles. The molecular weight excluding hydrogens is 248 g/mol. The van der Waals surface area contributed by atoms with E-state index in [0.29, 0.717) is 12.2 Å². The van der Waals surface area contributed by atoms with Crippen LogP contribution in [0.3, 0.4) is 0 Å². The number of hydrogen-bond acceptors (Lipinski definition) is 3. The molecule has 2 unspecified atom stereocenters. The van der Waals surface area contributed by atoms with E-state index in [4.69, 9.17) is 4.74 Å². The largest absolute Gasteiger partial charge is 0.371 e. The van der Waals surface area contributed by atoms with Crippen LogP contribution < -0.4 is 4.90 Å². The number of morpholine rings is 1. The van der Waals surface area contributed by atoms with E-state index in [0.717, 1.165) is 24.3 Å². The van der Waals surface area contributed by atoms with Crippen LogP contribution in [0.15, 0.2) is 24.3 Å². The van der Waals surface area contributed by atoms with Crippen molar-refractivity contribution >= 4 is 16.6 Å². The fraction of sp³-hybridized carbons (Fsp3) is 0.471. The number of benzene rings is 1. The lowest BCUT2D eigenvalue weighted by molar-refractivity contribution is 0.0305. The number of fused-ring (bicyclic) bond motifs is 3. The van der Waals surface area contributed by atoms with Gasteiger partial charge in [0.2, 0.25) is 0 Å². The summed E-state index contributed by atoms with van der Waals surface area (Å²) in [7, 11) is 0. The normalized spacial score (nSPS) is 25.4. The first-order valence-corrected chi connectivity index (χ1v) is 7.47. The van der Waals surface area contributed by atoms with Crippen molar-refractivity contribution in [3.8, 4) is 0 Å². The van der Waals surface area contributed by atoms with Crippen LogP contribution in [0.5, 0.6) is 0 Å². The molecule has 0 saturated carbocycles. The molecule has 2 atom stereocenters. The van der Waals surface area contributed by atoms with Crippen molar-refractivity contribution < 1.29 is 4.74 Å². The number of aryl methyl sites for hydroxylation is 2. The lowest BCUT2D eigenvalue weighted by Gasteiger charge is -2.34. The van der Waals surface area contributed by atoms with E-state index in [1.165, 1.54) is 29.5 Å². The Morgan fingerprint density at radius 1 is 1.10 bits per heavy atom. The van der Waals surface area contributed by atoms with Crippen molar-refractivity contribution in [1.29, 1.82) is 0 Å². The van der Waals surface area contributed by atoms with Crippen LogP contribution in [0.1, 0.15) is 24.1 Å². The quantitative estimate of drug-likeness (QED) is 0.794. The average molecular weight is 268 g/mol. The first-order valence-electron chi connectivity index (χ1n) is 7.47. The van der Waals surface area contributed by atoms with E-state index < -0.39 is 0 Å². The van der Waals surface area contributed by atoms with Gasteiger partial charge in [-0.1, -0.05) is 0 Å². The van der Waals surface area contributed by atoms with Crippen LogP contribution in [0, 0.1) is 13.8 Å². The molecule has 3 heterocycles. The third kappa shape index (κ3) is 1.97. The molecule has 2 bridgehead atoms. The summed E-state index contributed by atoms with van der Waals surface area (Å²) >= 11 is 0. The van der Waals surface area contributed by atoms with Crippen molar-refractivity contribution in [2.45, 2.75) is 38.9 Å². The van der Waals surface area contributed by atoms with E-state index in [1.807, 2.05) is 0 Å². The second-order valence-electron chi connectivity index (χ2n) is 6.14. The summed E-state index contributed by atoms with van der Waals surface area (Å²) in [5.41, 5.74) is 4.81. The van der Waals surface area contributed by atoms with E-state index in [-0.39, 0.29) is 0 Å². The Labute approximate surface area is 119 Å². The summed E-state index contributed by atoms with van der Waals surface area (Å²) in [4.78, 5) is 7.10. The number of ether oxygens (including phenoxy) is 1. The number of anilines is 1. The number of aromatic nitrogens is 1. The molecule has 2 fully saturated rings. The Hall–Kier alpha value is -1.61. The molecule has 3 nitrogen and oxygen atoms in total. The molecule has 2 aromatic rings. The third-order valence-electron chi connectivity index (χ3n) is 4.54. The maximum atomic E-state index is 5.92. The van der Waals surface area contributed by atoms with Crippen molar-refractivity contribution in [2.75, 3.05) is 18.0 Å². The Bertz CT molecular complexity index is 655. The molecule has 2 aliphatic heterocycles. The van der Waals surface area contributed by atoms with Crippen LogP contribution in [0.25, 0.3) is 10.9 Å². The lowest BCUT2D eigenvalue weighted by atomic mass is 10.1. The molecule has 20 heavy (non-hydrogen) atoms. The van der Waals surface area contributed by atoms with Crippen molar-refractivity contribution in [3.05, 3.63) is 35.5 Å². The highest BCUT2D eigenvalue weighted by molar-refractivity contribution is 5.85. The van der Waals surface area contributed by atoms with Gasteiger partial charge in [-0.2, -0.15) is 0 Å². The summed E-state index contributed by atoms with van der Waals surface area (Å²) in [5.74, 6) is 0. The van der Waals surface area contributed by atoms with Crippen molar-refractivity contribution in [2.24, 2.45) is 0 Å². The maximum Gasteiger partial charge on any atom is 0.0755 e. The number of pyridine rings is 1. The number of nitrogens with zero attached hydrogens (tertiary/aromatic N) is 2. The zero-order valence-corrected chi connectivity index (χ0v) is 12.1. The lowest BCUT2D eigenvalue weighted by Crippen LogP contribution is -2.42. The van der Waals surface area contributed by atoms with Gasteiger partial charge in [0.1, 0.15) is 0 Å². The molecule has 1 aromatic heterocycles. The second-order valence-corrected chi connectivity index (χ2v) is 6.14. The monoisotopic (exact) mass is 268 g/mol. The van der Waals surface area contributed by atoms with E-state index >= 15 is 0 Å². The number of hydrogen-bond donors (Lipinski definition) is 0. The van der Waals surface area contributed by atoms with Gasteiger partial charge in [-0.25, -0.2) is 0 Å². The van der Waals surface area contributed by atoms with Gasteiger partial charge in [0.25, 0.3) is 0 Å². The van der Waals surface area contributed by atoms with E-state index in [1.54, 1.807) is 0 Å². The van der Waals surface area contributed by atoms with Crippen molar-refractivity contribution in [3.63, 3.8) is 0 Å². The van der Waals surface area contributed by atoms with Crippen LogP contribution in [0.4, 0.5) is 5.69 Å². The van der Waals surface area contributed by atoms with Gasteiger partial charge in [-0.3, -0.25) is 4.98 Å². The molecule has 0 N–H and O–H groups in total.